The second kappa shape index (κ2) is 9.28. The van der Waals surface area contributed by atoms with Crippen molar-refractivity contribution in [3.05, 3.63) is 23.9 Å². The van der Waals surface area contributed by atoms with Crippen LogP contribution in [0.3, 0.4) is 0 Å². The minimum atomic E-state index is 0.683. The van der Waals surface area contributed by atoms with Gasteiger partial charge in [-0.1, -0.05) is 6.92 Å². The predicted octanol–water partition coefficient (Wildman–Crippen LogP) is 2.54. The normalized spacial score (nSPS) is 15.7. The summed E-state index contributed by atoms with van der Waals surface area (Å²) in [6, 6.07) is 4.23. The van der Waals surface area contributed by atoms with E-state index in [9.17, 15) is 0 Å². The SMILES string of the molecule is CCCNC(=NCc1ccnc(N2CCCCC2)c1)NCC. The van der Waals surface area contributed by atoms with Crippen LogP contribution in [0.5, 0.6) is 0 Å². The molecule has 0 bridgehead atoms. The van der Waals surface area contributed by atoms with Gasteiger partial charge in [0.15, 0.2) is 5.96 Å². The molecule has 1 aliphatic rings. The van der Waals surface area contributed by atoms with Gasteiger partial charge in [0, 0.05) is 32.4 Å². The molecule has 1 aliphatic heterocycles. The van der Waals surface area contributed by atoms with E-state index in [-0.39, 0.29) is 0 Å². The Labute approximate surface area is 134 Å². The number of hydrogen-bond acceptors (Lipinski definition) is 3. The smallest absolute Gasteiger partial charge is 0.191 e. The zero-order chi connectivity index (χ0) is 15.6. The van der Waals surface area contributed by atoms with Crippen molar-refractivity contribution in [2.24, 2.45) is 4.99 Å². The van der Waals surface area contributed by atoms with E-state index in [1.54, 1.807) is 0 Å². The van der Waals surface area contributed by atoms with E-state index in [0.29, 0.717) is 6.54 Å². The van der Waals surface area contributed by atoms with Crippen LogP contribution in [-0.4, -0.2) is 37.1 Å². The fourth-order valence-corrected chi connectivity index (χ4v) is 2.61. The van der Waals surface area contributed by atoms with Crippen LogP contribution in [0.4, 0.5) is 5.82 Å². The average molecular weight is 303 g/mol. The highest BCUT2D eigenvalue weighted by Gasteiger charge is 2.12. The highest BCUT2D eigenvalue weighted by molar-refractivity contribution is 5.79. The van der Waals surface area contributed by atoms with Gasteiger partial charge >= 0.3 is 0 Å². The van der Waals surface area contributed by atoms with Gasteiger partial charge in [-0.2, -0.15) is 0 Å². The molecular formula is C17H29N5. The van der Waals surface area contributed by atoms with Gasteiger partial charge in [-0.25, -0.2) is 9.98 Å². The van der Waals surface area contributed by atoms with Crippen LogP contribution in [0.1, 0.15) is 45.1 Å². The van der Waals surface area contributed by atoms with Gasteiger partial charge in [-0.15, -0.1) is 0 Å². The minimum absolute atomic E-state index is 0.683. The molecule has 2 heterocycles. The van der Waals surface area contributed by atoms with Gasteiger partial charge in [0.05, 0.1) is 6.54 Å². The van der Waals surface area contributed by atoms with Crippen LogP contribution in [0.25, 0.3) is 0 Å². The fourth-order valence-electron chi connectivity index (χ4n) is 2.61. The van der Waals surface area contributed by atoms with Crippen molar-refractivity contribution in [2.45, 2.75) is 46.1 Å². The molecule has 0 radical (unpaired) electrons. The van der Waals surface area contributed by atoms with Crippen molar-refractivity contribution in [2.75, 3.05) is 31.1 Å². The Kier molecular flexibility index (Phi) is 7.00. The van der Waals surface area contributed by atoms with E-state index in [4.69, 9.17) is 0 Å². The van der Waals surface area contributed by atoms with E-state index in [1.165, 1.54) is 24.8 Å². The lowest BCUT2D eigenvalue weighted by atomic mass is 10.1. The molecule has 5 heteroatoms. The molecule has 0 atom stereocenters. The number of pyridine rings is 1. The van der Waals surface area contributed by atoms with Gasteiger partial charge in [0.1, 0.15) is 5.82 Å². The Morgan fingerprint density at radius 2 is 2.05 bits per heavy atom. The average Bonchev–Trinajstić information content (AvgIpc) is 2.58. The van der Waals surface area contributed by atoms with E-state index in [0.717, 1.165) is 44.4 Å². The lowest BCUT2D eigenvalue weighted by Gasteiger charge is -2.27. The third-order valence-corrected chi connectivity index (χ3v) is 3.80. The van der Waals surface area contributed by atoms with Crippen molar-refractivity contribution in [3.8, 4) is 0 Å². The molecule has 122 valence electrons. The number of aromatic nitrogens is 1. The Morgan fingerprint density at radius 1 is 1.23 bits per heavy atom. The third kappa shape index (κ3) is 5.20. The van der Waals surface area contributed by atoms with Crippen LogP contribution in [0.15, 0.2) is 23.3 Å². The molecule has 0 amide bonds. The Balaban J connectivity index is 1.98. The van der Waals surface area contributed by atoms with Crippen molar-refractivity contribution in [1.29, 1.82) is 0 Å². The fraction of sp³-hybridized carbons (Fsp3) is 0.647. The highest BCUT2D eigenvalue weighted by Crippen LogP contribution is 2.18. The number of nitrogens with zero attached hydrogens (tertiary/aromatic N) is 3. The first-order chi connectivity index (χ1) is 10.8. The van der Waals surface area contributed by atoms with Crippen LogP contribution >= 0.6 is 0 Å². The minimum Gasteiger partial charge on any atom is -0.357 e. The molecule has 2 N–H and O–H groups in total. The number of hydrogen-bond donors (Lipinski definition) is 2. The zero-order valence-corrected chi connectivity index (χ0v) is 13.9. The molecule has 1 fully saturated rings. The molecule has 22 heavy (non-hydrogen) atoms. The molecule has 0 spiro atoms. The van der Waals surface area contributed by atoms with E-state index in [1.807, 2.05) is 6.20 Å². The van der Waals surface area contributed by atoms with Crippen molar-refractivity contribution in [1.82, 2.24) is 15.6 Å². The summed E-state index contributed by atoms with van der Waals surface area (Å²) in [5.41, 5.74) is 1.21. The maximum absolute atomic E-state index is 4.66. The molecule has 0 aliphatic carbocycles. The first kappa shape index (κ1) is 16.6. The Bertz CT molecular complexity index is 466. The summed E-state index contributed by atoms with van der Waals surface area (Å²) < 4.78 is 0. The maximum Gasteiger partial charge on any atom is 0.191 e. The van der Waals surface area contributed by atoms with Crippen molar-refractivity contribution >= 4 is 11.8 Å². The Morgan fingerprint density at radius 3 is 2.77 bits per heavy atom. The Hall–Kier alpha value is -1.78. The van der Waals surface area contributed by atoms with Crippen LogP contribution in [0, 0.1) is 0 Å². The van der Waals surface area contributed by atoms with Crippen molar-refractivity contribution in [3.63, 3.8) is 0 Å². The van der Waals surface area contributed by atoms with E-state index in [2.05, 4.69) is 51.5 Å². The van der Waals surface area contributed by atoms with Gasteiger partial charge in [-0.05, 0) is 50.3 Å². The molecule has 1 aromatic rings. The number of guanidine groups is 1. The summed E-state index contributed by atoms with van der Waals surface area (Å²) in [7, 11) is 0. The second-order valence-corrected chi connectivity index (χ2v) is 5.69. The summed E-state index contributed by atoms with van der Waals surface area (Å²) in [5, 5.41) is 6.61. The zero-order valence-electron chi connectivity index (χ0n) is 13.9. The van der Waals surface area contributed by atoms with Gasteiger partial charge in [-0.3, -0.25) is 0 Å². The quantitative estimate of drug-likeness (QED) is 0.626. The van der Waals surface area contributed by atoms with E-state index < -0.39 is 0 Å². The predicted molar refractivity (Wildman–Crippen MR) is 93.4 cm³/mol. The van der Waals surface area contributed by atoms with E-state index >= 15 is 0 Å². The van der Waals surface area contributed by atoms with Crippen LogP contribution in [-0.2, 0) is 6.54 Å². The summed E-state index contributed by atoms with van der Waals surface area (Å²) in [6.07, 6.45) is 6.89. The van der Waals surface area contributed by atoms with Gasteiger partial charge in [0.2, 0.25) is 0 Å². The van der Waals surface area contributed by atoms with Crippen LogP contribution < -0.4 is 15.5 Å². The number of nitrogens with one attached hydrogen (secondary N) is 2. The summed E-state index contributed by atoms with van der Waals surface area (Å²) in [6.45, 7) is 9.00. The molecule has 0 saturated carbocycles. The summed E-state index contributed by atoms with van der Waals surface area (Å²) in [5.74, 6) is 1.99. The number of rotatable bonds is 6. The molecule has 1 saturated heterocycles. The lowest BCUT2D eigenvalue weighted by molar-refractivity contribution is 0.573. The number of anilines is 1. The second-order valence-electron chi connectivity index (χ2n) is 5.69. The largest absolute Gasteiger partial charge is 0.357 e. The summed E-state index contributed by atoms with van der Waals surface area (Å²) >= 11 is 0. The lowest BCUT2D eigenvalue weighted by Crippen LogP contribution is -2.37. The molecule has 0 aromatic carbocycles. The summed E-state index contributed by atoms with van der Waals surface area (Å²) in [4.78, 5) is 11.6. The third-order valence-electron chi connectivity index (χ3n) is 3.80. The molecule has 2 rings (SSSR count). The highest BCUT2D eigenvalue weighted by atomic mass is 15.2. The van der Waals surface area contributed by atoms with Gasteiger partial charge in [0.25, 0.3) is 0 Å². The first-order valence-corrected chi connectivity index (χ1v) is 8.55. The standard InChI is InChI=1S/C17H29N5/c1-3-9-20-17(18-4-2)21-14-15-8-10-19-16(13-15)22-11-6-5-7-12-22/h8,10,13H,3-7,9,11-12,14H2,1-2H3,(H2,18,20,21). The molecule has 0 unspecified atom stereocenters. The number of piperidine rings is 1. The topological polar surface area (TPSA) is 52.6 Å². The maximum atomic E-state index is 4.66. The monoisotopic (exact) mass is 303 g/mol. The van der Waals surface area contributed by atoms with Crippen molar-refractivity contribution < 1.29 is 0 Å². The molecular weight excluding hydrogens is 274 g/mol. The first-order valence-electron chi connectivity index (χ1n) is 8.55. The molecule has 5 nitrogen and oxygen atoms in total. The number of aliphatic imine (C=N–C) groups is 1. The van der Waals surface area contributed by atoms with Crippen LogP contribution in [0.2, 0.25) is 0 Å². The van der Waals surface area contributed by atoms with Gasteiger partial charge < -0.3 is 15.5 Å². The molecule has 1 aromatic heterocycles.